The SMILES string of the molecule is CCCCC(C)N1CC(F)C[C@@H](C)C1. The van der Waals surface area contributed by atoms with Gasteiger partial charge in [0.2, 0.25) is 0 Å². The van der Waals surface area contributed by atoms with E-state index >= 15 is 0 Å². The summed E-state index contributed by atoms with van der Waals surface area (Å²) in [6.45, 7) is 8.36. The number of rotatable bonds is 4. The van der Waals surface area contributed by atoms with Gasteiger partial charge in [-0.1, -0.05) is 26.7 Å². The molecule has 1 saturated heterocycles. The normalized spacial score (nSPS) is 31.7. The maximum Gasteiger partial charge on any atom is 0.113 e. The number of nitrogens with zero attached hydrogens (tertiary/aromatic N) is 1. The first-order valence-corrected chi connectivity index (χ1v) is 6.01. The molecular weight excluding hydrogens is 177 g/mol. The van der Waals surface area contributed by atoms with E-state index in [1.807, 2.05) is 0 Å². The molecule has 1 rings (SSSR count). The van der Waals surface area contributed by atoms with Crippen LogP contribution in [-0.2, 0) is 0 Å². The monoisotopic (exact) mass is 201 g/mol. The van der Waals surface area contributed by atoms with Gasteiger partial charge in [0.05, 0.1) is 0 Å². The molecule has 0 bridgehead atoms. The lowest BCUT2D eigenvalue weighted by Gasteiger charge is -2.37. The van der Waals surface area contributed by atoms with Gasteiger partial charge in [-0.2, -0.15) is 0 Å². The van der Waals surface area contributed by atoms with Crippen molar-refractivity contribution in [2.24, 2.45) is 5.92 Å². The van der Waals surface area contributed by atoms with E-state index in [1.165, 1.54) is 19.3 Å². The summed E-state index contributed by atoms with van der Waals surface area (Å²) < 4.78 is 13.3. The zero-order valence-electron chi connectivity index (χ0n) is 9.80. The molecular formula is C12H24FN. The van der Waals surface area contributed by atoms with Gasteiger partial charge < -0.3 is 0 Å². The molecule has 0 N–H and O–H groups in total. The van der Waals surface area contributed by atoms with Gasteiger partial charge in [0.25, 0.3) is 0 Å². The van der Waals surface area contributed by atoms with Crippen LogP contribution in [0.15, 0.2) is 0 Å². The number of hydrogen-bond donors (Lipinski definition) is 0. The minimum atomic E-state index is -0.595. The summed E-state index contributed by atoms with van der Waals surface area (Å²) in [6, 6.07) is 0.566. The summed E-state index contributed by atoms with van der Waals surface area (Å²) in [5, 5.41) is 0. The highest BCUT2D eigenvalue weighted by Gasteiger charge is 2.26. The summed E-state index contributed by atoms with van der Waals surface area (Å²) in [5.41, 5.74) is 0. The lowest BCUT2D eigenvalue weighted by Crippen LogP contribution is -2.45. The lowest BCUT2D eigenvalue weighted by molar-refractivity contribution is 0.0702. The van der Waals surface area contributed by atoms with Crippen LogP contribution in [-0.4, -0.2) is 30.2 Å². The maximum absolute atomic E-state index is 13.3. The lowest BCUT2D eigenvalue weighted by atomic mass is 9.96. The van der Waals surface area contributed by atoms with E-state index in [1.54, 1.807) is 0 Å². The van der Waals surface area contributed by atoms with Gasteiger partial charge in [-0.05, 0) is 25.7 Å². The third kappa shape index (κ3) is 3.56. The molecule has 3 atom stereocenters. The predicted octanol–water partition coefficient (Wildman–Crippen LogP) is 3.25. The van der Waals surface area contributed by atoms with Gasteiger partial charge in [0.1, 0.15) is 6.17 Å². The topological polar surface area (TPSA) is 3.24 Å². The smallest absolute Gasteiger partial charge is 0.113 e. The van der Waals surface area contributed by atoms with E-state index in [2.05, 4.69) is 25.7 Å². The fourth-order valence-corrected chi connectivity index (χ4v) is 2.36. The van der Waals surface area contributed by atoms with Crippen LogP contribution >= 0.6 is 0 Å². The fraction of sp³-hybridized carbons (Fsp3) is 1.00. The van der Waals surface area contributed by atoms with Crippen molar-refractivity contribution in [2.45, 2.75) is 58.7 Å². The largest absolute Gasteiger partial charge is 0.298 e. The van der Waals surface area contributed by atoms with Gasteiger partial charge in [-0.3, -0.25) is 4.90 Å². The van der Waals surface area contributed by atoms with Crippen molar-refractivity contribution in [3.63, 3.8) is 0 Å². The van der Waals surface area contributed by atoms with Gasteiger partial charge in [-0.25, -0.2) is 4.39 Å². The molecule has 2 heteroatoms. The van der Waals surface area contributed by atoms with Gasteiger partial charge in [-0.15, -0.1) is 0 Å². The Labute approximate surface area is 87.7 Å². The fourth-order valence-electron chi connectivity index (χ4n) is 2.36. The quantitative estimate of drug-likeness (QED) is 0.675. The van der Waals surface area contributed by atoms with Crippen molar-refractivity contribution in [3.05, 3.63) is 0 Å². The third-order valence-corrected chi connectivity index (χ3v) is 3.24. The van der Waals surface area contributed by atoms with E-state index in [0.717, 1.165) is 13.0 Å². The predicted molar refractivity (Wildman–Crippen MR) is 59.2 cm³/mol. The zero-order chi connectivity index (χ0) is 10.6. The number of hydrogen-bond acceptors (Lipinski definition) is 1. The molecule has 1 aliphatic heterocycles. The first-order chi connectivity index (χ1) is 6.63. The minimum absolute atomic E-state index is 0.530. The maximum atomic E-state index is 13.3. The molecule has 0 aromatic carbocycles. The van der Waals surface area contributed by atoms with Crippen molar-refractivity contribution in [1.82, 2.24) is 4.90 Å². The Hall–Kier alpha value is -0.110. The van der Waals surface area contributed by atoms with Crippen LogP contribution in [0, 0.1) is 5.92 Å². The average molecular weight is 201 g/mol. The summed E-state index contributed by atoms with van der Waals surface area (Å²) >= 11 is 0. The van der Waals surface area contributed by atoms with Crippen LogP contribution in [0.1, 0.15) is 46.5 Å². The van der Waals surface area contributed by atoms with Crippen molar-refractivity contribution >= 4 is 0 Å². The van der Waals surface area contributed by atoms with Crippen LogP contribution in [0.2, 0.25) is 0 Å². The summed E-state index contributed by atoms with van der Waals surface area (Å²) in [7, 11) is 0. The Morgan fingerprint density at radius 2 is 2.14 bits per heavy atom. The molecule has 0 aliphatic carbocycles. The van der Waals surface area contributed by atoms with Crippen LogP contribution in [0.5, 0.6) is 0 Å². The second-order valence-electron chi connectivity index (χ2n) is 4.88. The molecule has 1 fully saturated rings. The number of piperidine rings is 1. The van der Waals surface area contributed by atoms with Crippen LogP contribution < -0.4 is 0 Å². The molecule has 84 valence electrons. The first kappa shape index (κ1) is 12.0. The van der Waals surface area contributed by atoms with Crippen LogP contribution in [0.4, 0.5) is 4.39 Å². The van der Waals surface area contributed by atoms with Crippen LogP contribution in [0.3, 0.4) is 0 Å². The Morgan fingerprint density at radius 3 is 2.71 bits per heavy atom. The Morgan fingerprint density at radius 1 is 1.43 bits per heavy atom. The molecule has 0 spiro atoms. The van der Waals surface area contributed by atoms with E-state index in [4.69, 9.17) is 0 Å². The van der Waals surface area contributed by atoms with Crippen LogP contribution in [0.25, 0.3) is 0 Å². The Kier molecular flexibility index (Phi) is 4.86. The molecule has 0 saturated carbocycles. The van der Waals surface area contributed by atoms with E-state index < -0.39 is 6.17 Å². The highest BCUT2D eigenvalue weighted by atomic mass is 19.1. The number of unbranched alkanes of at least 4 members (excludes halogenated alkanes) is 1. The van der Waals surface area contributed by atoms with Crippen molar-refractivity contribution in [3.8, 4) is 0 Å². The molecule has 14 heavy (non-hydrogen) atoms. The zero-order valence-corrected chi connectivity index (χ0v) is 9.80. The summed E-state index contributed by atoms with van der Waals surface area (Å²) in [6.07, 6.45) is 3.89. The van der Waals surface area contributed by atoms with Gasteiger partial charge in [0.15, 0.2) is 0 Å². The third-order valence-electron chi connectivity index (χ3n) is 3.24. The van der Waals surface area contributed by atoms with E-state index in [0.29, 0.717) is 18.5 Å². The Balaban J connectivity index is 2.34. The number of halogens is 1. The molecule has 0 radical (unpaired) electrons. The molecule has 1 nitrogen and oxygen atoms in total. The highest BCUT2D eigenvalue weighted by Crippen LogP contribution is 2.22. The number of likely N-dealkylation sites (tertiary alicyclic amines) is 1. The molecule has 1 heterocycles. The second kappa shape index (κ2) is 5.69. The Bertz CT molecular complexity index is 150. The minimum Gasteiger partial charge on any atom is -0.298 e. The molecule has 1 aliphatic rings. The second-order valence-corrected chi connectivity index (χ2v) is 4.88. The van der Waals surface area contributed by atoms with E-state index in [9.17, 15) is 4.39 Å². The summed E-state index contributed by atoms with van der Waals surface area (Å²) in [4.78, 5) is 2.33. The molecule has 0 aromatic heterocycles. The molecule has 2 unspecified atom stereocenters. The van der Waals surface area contributed by atoms with Gasteiger partial charge in [0, 0.05) is 19.1 Å². The molecule has 0 aromatic rings. The number of alkyl halides is 1. The molecule has 0 amide bonds. The first-order valence-electron chi connectivity index (χ1n) is 6.01. The average Bonchev–Trinajstić information content (AvgIpc) is 2.12. The van der Waals surface area contributed by atoms with Crippen molar-refractivity contribution in [2.75, 3.05) is 13.1 Å². The summed E-state index contributed by atoms with van der Waals surface area (Å²) in [5.74, 6) is 0.530. The van der Waals surface area contributed by atoms with Gasteiger partial charge >= 0.3 is 0 Å². The van der Waals surface area contributed by atoms with E-state index in [-0.39, 0.29) is 0 Å². The van der Waals surface area contributed by atoms with Crippen molar-refractivity contribution in [1.29, 1.82) is 0 Å². The highest BCUT2D eigenvalue weighted by molar-refractivity contribution is 4.80. The van der Waals surface area contributed by atoms with Crippen molar-refractivity contribution < 1.29 is 4.39 Å². The standard InChI is InChI=1S/C12H24FN/c1-4-5-6-11(3)14-8-10(2)7-12(13)9-14/h10-12H,4-9H2,1-3H3/t10-,11?,12?/m1/s1.